The van der Waals surface area contributed by atoms with Gasteiger partial charge in [-0.25, -0.2) is 0 Å². The first-order valence-electron chi connectivity index (χ1n) is 5.85. The second-order valence-electron chi connectivity index (χ2n) is 4.24. The Morgan fingerprint density at radius 2 is 2.41 bits per heavy atom. The third kappa shape index (κ3) is 2.34. The second-order valence-corrected chi connectivity index (χ2v) is 4.24. The standard InChI is InChI=1S/C12H14N4O/c1-2-5-14-10(3-1)7-11-15-12(17-16-11)9-4-6-13-8-9/h1-3,5,9,13H,4,6-8H2. The third-order valence-corrected chi connectivity index (χ3v) is 2.96. The molecule has 88 valence electrons. The minimum absolute atomic E-state index is 0.375. The monoisotopic (exact) mass is 230 g/mol. The quantitative estimate of drug-likeness (QED) is 0.856. The molecule has 1 atom stereocenters. The first-order chi connectivity index (χ1) is 8.42. The van der Waals surface area contributed by atoms with Crippen molar-refractivity contribution in [3.05, 3.63) is 41.8 Å². The van der Waals surface area contributed by atoms with Crippen LogP contribution in [0.15, 0.2) is 28.9 Å². The summed E-state index contributed by atoms with van der Waals surface area (Å²) in [7, 11) is 0. The molecule has 17 heavy (non-hydrogen) atoms. The van der Waals surface area contributed by atoms with E-state index in [1.54, 1.807) is 6.20 Å². The van der Waals surface area contributed by atoms with Gasteiger partial charge in [0.15, 0.2) is 5.82 Å². The van der Waals surface area contributed by atoms with E-state index in [0.717, 1.165) is 31.1 Å². The molecular formula is C12H14N4O. The van der Waals surface area contributed by atoms with Crippen LogP contribution in [-0.2, 0) is 6.42 Å². The second kappa shape index (κ2) is 4.63. The van der Waals surface area contributed by atoms with Gasteiger partial charge in [0, 0.05) is 18.4 Å². The van der Waals surface area contributed by atoms with Crippen molar-refractivity contribution in [3.63, 3.8) is 0 Å². The van der Waals surface area contributed by atoms with Crippen LogP contribution in [0.2, 0.25) is 0 Å². The van der Waals surface area contributed by atoms with Crippen LogP contribution in [0, 0.1) is 0 Å². The van der Waals surface area contributed by atoms with Gasteiger partial charge in [0.2, 0.25) is 5.89 Å². The topological polar surface area (TPSA) is 63.8 Å². The molecule has 0 aromatic carbocycles. The van der Waals surface area contributed by atoms with Gasteiger partial charge < -0.3 is 9.84 Å². The van der Waals surface area contributed by atoms with Crippen LogP contribution in [0.1, 0.15) is 29.7 Å². The highest BCUT2D eigenvalue weighted by Crippen LogP contribution is 2.20. The summed E-state index contributed by atoms with van der Waals surface area (Å²) in [4.78, 5) is 8.68. The fraction of sp³-hybridized carbons (Fsp3) is 0.417. The Morgan fingerprint density at radius 3 is 3.18 bits per heavy atom. The fourth-order valence-corrected chi connectivity index (χ4v) is 2.04. The van der Waals surface area contributed by atoms with Crippen molar-refractivity contribution in [1.82, 2.24) is 20.4 Å². The number of rotatable bonds is 3. The third-order valence-electron chi connectivity index (χ3n) is 2.96. The molecule has 1 N–H and O–H groups in total. The van der Waals surface area contributed by atoms with Crippen LogP contribution in [0.3, 0.4) is 0 Å². The Labute approximate surface area is 99.3 Å². The number of nitrogens with one attached hydrogen (secondary N) is 1. The van der Waals surface area contributed by atoms with Crippen LogP contribution < -0.4 is 5.32 Å². The molecule has 0 spiro atoms. The zero-order chi connectivity index (χ0) is 11.5. The molecule has 1 fully saturated rings. The van der Waals surface area contributed by atoms with E-state index >= 15 is 0 Å². The molecule has 3 rings (SSSR count). The van der Waals surface area contributed by atoms with E-state index in [4.69, 9.17) is 4.52 Å². The van der Waals surface area contributed by atoms with Crippen molar-refractivity contribution in [3.8, 4) is 0 Å². The van der Waals surface area contributed by atoms with E-state index < -0.39 is 0 Å². The van der Waals surface area contributed by atoms with Crippen molar-refractivity contribution < 1.29 is 4.52 Å². The largest absolute Gasteiger partial charge is 0.339 e. The molecule has 0 radical (unpaired) electrons. The van der Waals surface area contributed by atoms with Crippen molar-refractivity contribution in [2.75, 3.05) is 13.1 Å². The summed E-state index contributed by atoms with van der Waals surface area (Å²) < 4.78 is 5.29. The van der Waals surface area contributed by atoms with E-state index in [1.807, 2.05) is 18.2 Å². The molecule has 1 saturated heterocycles. The summed E-state index contributed by atoms with van der Waals surface area (Å²) >= 11 is 0. The van der Waals surface area contributed by atoms with Gasteiger partial charge in [0.25, 0.3) is 0 Å². The van der Waals surface area contributed by atoms with Gasteiger partial charge >= 0.3 is 0 Å². The highest BCUT2D eigenvalue weighted by molar-refractivity contribution is 5.10. The molecule has 5 heteroatoms. The smallest absolute Gasteiger partial charge is 0.231 e. The predicted molar refractivity (Wildman–Crippen MR) is 61.6 cm³/mol. The van der Waals surface area contributed by atoms with E-state index in [-0.39, 0.29) is 0 Å². The molecule has 0 amide bonds. The summed E-state index contributed by atoms with van der Waals surface area (Å²) in [5.41, 5.74) is 0.962. The van der Waals surface area contributed by atoms with Gasteiger partial charge in [-0.2, -0.15) is 4.98 Å². The number of hydrogen-bond acceptors (Lipinski definition) is 5. The lowest BCUT2D eigenvalue weighted by Crippen LogP contribution is -2.08. The van der Waals surface area contributed by atoms with Crippen LogP contribution in [0.4, 0.5) is 0 Å². The van der Waals surface area contributed by atoms with Crippen LogP contribution in [0.5, 0.6) is 0 Å². The van der Waals surface area contributed by atoms with Gasteiger partial charge in [-0.05, 0) is 25.1 Å². The lowest BCUT2D eigenvalue weighted by Gasteiger charge is -1.98. The van der Waals surface area contributed by atoms with Crippen molar-refractivity contribution in [2.24, 2.45) is 0 Å². The predicted octanol–water partition coefficient (Wildman–Crippen LogP) is 1.13. The molecule has 0 aliphatic carbocycles. The summed E-state index contributed by atoms with van der Waals surface area (Å²) in [6, 6.07) is 5.83. The van der Waals surface area contributed by atoms with Crippen molar-refractivity contribution >= 4 is 0 Å². The number of nitrogens with zero attached hydrogens (tertiary/aromatic N) is 3. The van der Waals surface area contributed by atoms with E-state index in [1.165, 1.54) is 0 Å². The van der Waals surface area contributed by atoms with Crippen LogP contribution in [-0.4, -0.2) is 28.2 Å². The normalized spacial score (nSPS) is 19.6. The molecule has 0 bridgehead atoms. The molecular weight excluding hydrogens is 216 g/mol. The highest BCUT2D eigenvalue weighted by Gasteiger charge is 2.22. The Hall–Kier alpha value is -1.75. The summed E-state index contributed by atoms with van der Waals surface area (Å²) in [5, 5.41) is 7.29. The lowest BCUT2D eigenvalue weighted by molar-refractivity contribution is 0.355. The van der Waals surface area contributed by atoms with Crippen LogP contribution >= 0.6 is 0 Å². The molecule has 0 saturated carbocycles. The van der Waals surface area contributed by atoms with Crippen LogP contribution in [0.25, 0.3) is 0 Å². The summed E-state index contributed by atoms with van der Waals surface area (Å²) in [6.07, 6.45) is 3.48. The maximum Gasteiger partial charge on any atom is 0.231 e. The Bertz CT molecular complexity index is 476. The lowest BCUT2D eigenvalue weighted by atomic mass is 10.1. The highest BCUT2D eigenvalue weighted by atomic mass is 16.5. The van der Waals surface area contributed by atoms with Gasteiger partial charge in [0.1, 0.15) is 0 Å². The van der Waals surface area contributed by atoms with E-state index in [2.05, 4.69) is 20.4 Å². The zero-order valence-electron chi connectivity index (χ0n) is 9.47. The Morgan fingerprint density at radius 1 is 1.41 bits per heavy atom. The minimum atomic E-state index is 0.375. The molecule has 5 nitrogen and oxygen atoms in total. The minimum Gasteiger partial charge on any atom is -0.339 e. The average molecular weight is 230 g/mol. The first-order valence-corrected chi connectivity index (χ1v) is 5.85. The number of hydrogen-bond donors (Lipinski definition) is 1. The average Bonchev–Trinajstić information content (AvgIpc) is 3.00. The molecule has 1 unspecified atom stereocenters. The molecule has 1 aliphatic rings. The Balaban J connectivity index is 1.72. The molecule has 1 aliphatic heterocycles. The maximum atomic E-state index is 5.29. The van der Waals surface area contributed by atoms with Gasteiger partial charge in [0.05, 0.1) is 12.3 Å². The first kappa shape index (κ1) is 10.4. The maximum absolute atomic E-state index is 5.29. The van der Waals surface area contributed by atoms with Gasteiger partial charge in [-0.1, -0.05) is 11.2 Å². The summed E-state index contributed by atoms with van der Waals surface area (Å²) in [6.45, 7) is 1.97. The van der Waals surface area contributed by atoms with E-state index in [0.29, 0.717) is 18.2 Å². The number of aromatic nitrogens is 3. The number of pyridine rings is 1. The summed E-state index contributed by atoms with van der Waals surface area (Å²) in [5.74, 6) is 1.84. The molecule has 2 aromatic rings. The van der Waals surface area contributed by atoms with Crippen molar-refractivity contribution in [1.29, 1.82) is 0 Å². The Kier molecular flexibility index (Phi) is 2.83. The molecule has 2 aromatic heterocycles. The SMILES string of the molecule is c1ccc(Cc2noc(C3CCNC3)n2)nc1. The molecule has 3 heterocycles. The van der Waals surface area contributed by atoms with Gasteiger partial charge in [-0.3, -0.25) is 4.98 Å². The van der Waals surface area contributed by atoms with Gasteiger partial charge in [-0.15, -0.1) is 0 Å². The van der Waals surface area contributed by atoms with E-state index in [9.17, 15) is 0 Å². The van der Waals surface area contributed by atoms with Crippen molar-refractivity contribution in [2.45, 2.75) is 18.8 Å². The zero-order valence-corrected chi connectivity index (χ0v) is 9.47. The fourth-order valence-electron chi connectivity index (χ4n) is 2.04.